The van der Waals surface area contributed by atoms with Crippen molar-refractivity contribution in [2.75, 3.05) is 0 Å². The molecule has 0 amide bonds. The zero-order valence-electron chi connectivity index (χ0n) is 35.0. The summed E-state index contributed by atoms with van der Waals surface area (Å²) >= 11 is 0. The molecule has 0 bridgehead atoms. The first kappa shape index (κ1) is 31.7. The number of hydrogen-bond donors (Lipinski definition) is 0. The minimum Gasteiger partial charge on any atom is -0.444 e. The molecule has 0 atom stereocenters. The van der Waals surface area contributed by atoms with Crippen LogP contribution < -0.4 is 33.7 Å². The summed E-state index contributed by atoms with van der Waals surface area (Å²) in [5.41, 5.74) is -3.97. The van der Waals surface area contributed by atoms with Crippen LogP contribution in [0.2, 0.25) is 0 Å². The first-order valence-electron chi connectivity index (χ1n) is 17.1. The van der Waals surface area contributed by atoms with E-state index >= 15 is 0 Å². The van der Waals surface area contributed by atoms with Gasteiger partial charge >= 0.3 is 17.1 Å². The molecule has 0 spiro atoms. The monoisotopic (exact) mass is 896 g/mol. The number of fused-ring (bicyclic) bond motifs is 3. The third kappa shape index (κ3) is 7.58. The van der Waals surface area contributed by atoms with Gasteiger partial charge in [-0.3, -0.25) is 28.1 Å². The van der Waals surface area contributed by atoms with Gasteiger partial charge in [0, 0.05) is 186 Å². The van der Waals surface area contributed by atoms with Crippen molar-refractivity contribution in [2.45, 2.75) is 40.4 Å². The number of aryl methyl sites for hydroxylation is 6. The molecule has 0 aliphatic carbocycles. The molecular weight excluding hydrogens is 855 g/mol. The molecule has 6 aromatic heterocycles. The normalized spacial score (nSPS) is 13.7. The maximum atomic E-state index is 12.1. The van der Waals surface area contributed by atoms with Crippen LogP contribution in [0.3, 0.4) is 0 Å². The maximum Gasteiger partial charge on any atom is 0.319 e. The van der Waals surface area contributed by atoms with Crippen molar-refractivity contribution >= 4 is 33.5 Å². The molecule has 18 nitrogen and oxygen atoms in total. The Hall–Kier alpha value is -2.24. The molecule has 0 fully saturated rings. The Bertz CT molecular complexity index is 2760. The van der Waals surface area contributed by atoms with E-state index in [9.17, 15) is 28.8 Å². The number of aromatic nitrogens is 12. The van der Waals surface area contributed by atoms with Crippen LogP contribution in [0.1, 0.15) is 31.7 Å². The molecule has 6 rings (SSSR count). The van der Waals surface area contributed by atoms with Gasteiger partial charge in [-0.05, 0) is 58.4 Å². The fraction of sp³-hybridized carbons (Fsp3) is 0.444. The van der Waals surface area contributed by atoms with Crippen LogP contribution in [-0.4, -0.2) is 56.1 Å². The van der Waals surface area contributed by atoms with E-state index in [1.54, 1.807) is 20.9 Å². The third-order valence-corrected chi connectivity index (χ3v) is 6.82. The van der Waals surface area contributed by atoms with Gasteiger partial charge in [-0.2, -0.15) is 0 Å². The average molecular weight is 896 g/mol. The first-order chi connectivity index (χ1) is 24.3. The van der Waals surface area contributed by atoms with Crippen molar-refractivity contribution in [2.24, 2.45) is 42.1 Å². The Labute approximate surface area is 359 Å². The van der Waals surface area contributed by atoms with Gasteiger partial charge in [-0.25, -0.2) is 14.4 Å². The Morgan fingerprint density at radius 1 is 0.542 bits per heavy atom. The van der Waals surface area contributed by atoms with E-state index in [1.165, 1.54) is 30.3 Å². The Morgan fingerprint density at radius 2 is 0.875 bits per heavy atom. The van der Waals surface area contributed by atoms with E-state index in [1.807, 2.05) is 0 Å². The Morgan fingerprint density at radius 3 is 1.25 bits per heavy atom. The van der Waals surface area contributed by atoms with Crippen LogP contribution in [0.5, 0.6) is 0 Å². The molecular formula is C27H33N12O6Y3-3. The molecule has 0 aromatic carbocycles. The van der Waals surface area contributed by atoms with E-state index in [0.29, 0.717) is 13.7 Å². The summed E-state index contributed by atoms with van der Waals surface area (Å²) in [6.45, 7) is -2.68. The second-order valence-electron chi connectivity index (χ2n) is 9.37. The largest absolute Gasteiger partial charge is 0.444 e. The predicted molar refractivity (Wildman–Crippen MR) is 164 cm³/mol. The van der Waals surface area contributed by atoms with E-state index in [-0.39, 0.29) is 145 Å². The second-order valence-corrected chi connectivity index (χ2v) is 9.37. The fourth-order valence-electron chi connectivity index (χ4n) is 4.44. The van der Waals surface area contributed by atoms with Crippen LogP contribution in [0.25, 0.3) is 33.5 Å². The van der Waals surface area contributed by atoms with Crippen LogP contribution in [0.4, 0.5) is 0 Å². The third-order valence-electron chi connectivity index (χ3n) is 6.82. The molecule has 6 aromatic rings. The van der Waals surface area contributed by atoms with Crippen molar-refractivity contribution in [3.63, 3.8) is 0 Å². The molecule has 6 heterocycles. The smallest absolute Gasteiger partial charge is 0.319 e. The van der Waals surface area contributed by atoms with Gasteiger partial charge in [0.25, 0.3) is 0 Å². The van der Waals surface area contributed by atoms with Crippen molar-refractivity contribution in [1.29, 1.82) is 0 Å². The predicted octanol–water partition coefficient (Wildman–Crippen LogP) is -2.25. The van der Waals surface area contributed by atoms with Gasteiger partial charge in [0.2, 0.25) is 16.7 Å². The maximum absolute atomic E-state index is 12.1. The number of hydrogen-bond acceptors (Lipinski definition) is 9. The minimum atomic E-state index is -2.69. The number of imidazole rings is 3. The van der Waals surface area contributed by atoms with Crippen molar-refractivity contribution in [3.05, 3.63) is 81.5 Å². The van der Waals surface area contributed by atoms with Crippen molar-refractivity contribution in [3.8, 4) is 0 Å². The summed E-state index contributed by atoms with van der Waals surface area (Å²) in [5, 5.41) is 0. The zero-order chi connectivity index (χ0) is 40.3. The molecule has 21 heteroatoms. The molecule has 3 radical (unpaired) electrons. The minimum absolute atomic E-state index is 0. The fourth-order valence-corrected chi connectivity index (χ4v) is 4.44. The quantitative estimate of drug-likeness (QED) is 0.177. The van der Waals surface area contributed by atoms with Crippen LogP contribution in [-0.2, 0) is 160 Å². The van der Waals surface area contributed by atoms with E-state index in [4.69, 9.17) is 11.0 Å². The SMILES string of the molecule is [2H]C([2H])(C)n1c(=O)c2c(n[c-]n2C)n(C)c1=O.[2H]C([2H])([2H])n1[c-]nc2c1c(=O)n(CC)c(=O)n2C.[2H]C([2H])([2H])n1c(=O)n(CC)c(=O)c2c1n[c-]n2C.[Y].[Y].[Y]. The van der Waals surface area contributed by atoms with Gasteiger partial charge in [0.05, 0.1) is 0 Å². The Kier molecular flexibility index (Phi) is 11.6. The molecule has 0 N–H and O–H groups in total. The zero-order valence-corrected chi connectivity index (χ0v) is 35.5. The standard InChI is InChI=1S/3C9H11N4O2.3Y/c3*1-4-13-8(14)6-7(10-5-11(6)2)12(3)9(13)15;;;/h3*4H2,1-3H3;;;/q3*-1;;;/i4D2;3D3;2D3;;;. The summed E-state index contributed by atoms with van der Waals surface area (Å²) in [7, 11) is 5.95. The second kappa shape index (κ2) is 17.6. The molecule has 0 saturated heterocycles. The van der Waals surface area contributed by atoms with Gasteiger partial charge in [-0.15, -0.1) is 0 Å². The summed E-state index contributed by atoms with van der Waals surface area (Å²) in [4.78, 5) is 83.1. The molecule has 0 aliphatic rings. The van der Waals surface area contributed by atoms with Crippen LogP contribution in [0.15, 0.2) is 28.8 Å². The number of nitrogens with zero attached hydrogens (tertiary/aromatic N) is 12. The van der Waals surface area contributed by atoms with Gasteiger partial charge in [0.15, 0.2) is 0 Å². The van der Waals surface area contributed by atoms with E-state index in [2.05, 4.69) is 33.9 Å². The average Bonchev–Trinajstić information content (AvgIpc) is 3.76. The molecule has 0 unspecified atom stereocenters. The molecule has 48 heavy (non-hydrogen) atoms. The van der Waals surface area contributed by atoms with E-state index < -0.39 is 54.2 Å². The summed E-state index contributed by atoms with van der Waals surface area (Å²) in [6, 6.07) is 0. The molecule has 0 aliphatic heterocycles. The van der Waals surface area contributed by atoms with E-state index in [0.717, 1.165) is 25.2 Å². The van der Waals surface area contributed by atoms with Gasteiger partial charge in [-0.1, -0.05) is 0 Å². The van der Waals surface area contributed by atoms with Gasteiger partial charge in [0.1, 0.15) is 0 Å². The molecule has 249 valence electrons. The summed E-state index contributed by atoms with van der Waals surface area (Å²) < 4.78 is 67.6. The summed E-state index contributed by atoms with van der Waals surface area (Å²) in [6.07, 6.45) is 7.23. The van der Waals surface area contributed by atoms with Crippen LogP contribution >= 0.6 is 0 Å². The first-order valence-corrected chi connectivity index (χ1v) is 13.1. The van der Waals surface area contributed by atoms with Crippen LogP contribution in [0, 0.1) is 19.0 Å². The van der Waals surface area contributed by atoms with Crippen molar-refractivity contribution < 1.29 is 109 Å². The van der Waals surface area contributed by atoms with Crippen molar-refractivity contribution in [1.82, 2.24) is 56.1 Å². The Balaban J connectivity index is 0.000000409. The van der Waals surface area contributed by atoms with Gasteiger partial charge < -0.3 is 42.4 Å². The topological polar surface area (TPSA) is 185 Å². The number of rotatable bonds is 3. The summed E-state index contributed by atoms with van der Waals surface area (Å²) in [5.74, 6) is 0. The molecule has 0 saturated carbocycles.